The molecule has 4 fully saturated rings. The number of fused-ring (bicyclic) bond motifs is 2. The second-order valence-corrected chi connectivity index (χ2v) is 20.2. The lowest BCUT2D eigenvalue weighted by Gasteiger charge is -2.38. The van der Waals surface area contributed by atoms with Gasteiger partial charge in [-0.15, -0.1) is 0 Å². The number of hydrogen-bond donors (Lipinski definition) is 1. The van der Waals surface area contributed by atoms with Gasteiger partial charge in [0.25, 0.3) is 0 Å². The van der Waals surface area contributed by atoms with Crippen LogP contribution in [0.3, 0.4) is 0 Å². The number of aromatic nitrogens is 4. The number of carboxylic acids is 1. The lowest BCUT2D eigenvalue weighted by atomic mass is 9.69. The normalized spacial score (nSPS) is 24.8. The van der Waals surface area contributed by atoms with Crippen LogP contribution in [-0.2, 0) is 27.4 Å². The molecule has 1 N–H and O–H groups in total. The maximum absolute atomic E-state index is 11.7. The standard InChI is InChI=1S/C26H37N3O3.C25H35N3O3/c1-5-26(2,3)20-6-8-21(9-7-20)32-22-10-11-23-19(14-22)15-27-24(28-23)17-29-13-12-18(16-29)25(30)31-4;1-4-25(2,3)19-5-7-20(8-6-19)31-21-9-10-22-18(13-21)14-26-23(27-22)16-28-12-11-17(15-28)24(29)30/h10-11,14-15,18,20-21H,5-9,12-13,16-17H2,1-4H3;9-10,13-14,17,19-20H,4-8,11-12,15-16H2,1-3H3,(H,29,30)/t18-,20?,21?;17-,19?,20?/m11/s1. The monoisotopic (exact) mass is 865 g/mol. The van der Waals surface area contributed by atoms with E-state index in [1.54, 1.807) is 0 Å². The molecule has 63 heavy (non-hydrogen) atoms. The minimum atomic E-state index is -0.711. The third kappa shape index (κ3) is 12.0. The van der Waals surface area contributed by atoms with Crippen molar-refractivity contribution in [3.8, 4) is 11.5 Å². The Balaban J connectivity index is 0.000000189. The van der Waals surface area contributed by atoms with Crippen LogP contribution in [0.2, 0.25) is 0 Å². The Morgan fingerprint density at radius 3 is 1.48 bits per heavy atom. The van der Waals surface area contributed by atoms with E-state index in [2.05, 4.69) is 72.4 Å². The molecule has 0 bridgehead atoms. The lowest BCUT2D eigenvalue weighted by molar-refractivity contribution is -0.145. The number of carboxylic acid groups (broad SMARTS) is 1. The number of hydrogen-bond acceptors (Lipinski definition) is 11. The number of benzene rings is 2. The molecular formula is C51H72N6O6. The summed E-state index contributed by atoms with van der Waals surface area (Å²) in [6.07, 6.45) is 17.8. The molecule has 4 aromatic rings. The average Bonchev–Trinajstić information content (AvgIpc) is 3.97. The predicted octanol–water partition coefficient (Wildman–Crippen LogP) is 9.91. The van der Waals surface area contributed by atoms with E-state index in [9.17, 15) is 14.7 Å². The SMILES string of the molecule is CCC(C)(C)C1CCC(Oc2ccc3nc(CN4CC[C@@H](C(=O)O)C4)ncc3c2)CC1.CCC(C)(C)C1CCC(Oc2ccc3nc(CN4CC[C@@H](C(=O)OC)C4)ncc3c2)CC1. The summed E-state index contributed by atoms with van der Waals surface area (Å²) in [6, 6.07) is 12.2. The first kappa shape index (κ1) is 46.6. The van der Waals surface area contributed by atoms with Gasteiger partial charge in [-0.05, 0) is 136 Å². The van der Waals surface area contributed by atoms with Gasteiger partial charge in [0.15, 0.2) is 0 Å². The van der Waals surface area contributed by atoms with Crippen molar-refractivity contribution >= 4 is 33.7 Å². The minimum absolute atomic E-state index is 0.0386. The van der Waals surface area contributed by atoms with Gasteiger partial charge in [-0.2, -0.15) is 0 Å². The van der Waals surface area contributed by atoms with Crippen molar-refractivity contribution < 1.29 is 28.9 Å². The summed E-state index contributed by atoms with van der Waals surface area (Å²) in [4.78, 5) is 45.7. The molecular weight excluding hydrogens is 793 g/mol. The molecule has 2 atom stereocenters. The van der Waals surface area contributed by atoms with Gasteiger partial charge in [0.2, 0.25) is 0 Å². The molecule has 0 spiro atoms. The summed E-state index contributed by atoms with van der Waals surface area (Å²) in [5.74, 6) is 3.78. The molecule has 2 aromatic carbocycles. The molecule has 12 nitrogen and oxygen atoms in total. The molecule has 0 amide bonds. The summed E-state index contributed by atoms with van der Waals surface area (Å²) in [7, 11) is 1.45. The van der Waals surface area contributed by atoms with Crippen molar-refractivity contribution in [2.75, 3.05) is 33.3 Å². The Labute approximate surface area is 374 Å². The van der Waals surface area contributed by atoms with Crippen LogP contribution in [0.4, 0.5) is 0 Å². The maximum Gasteiger partial charge on any atom is 0.310 e. The molecule has 4 heterocycles. The summed E-state index contributed by atoms with van der Waals surface area (Å²) < 4.78 is 17.5. The topological polar surface area (TPSA) is 140 Å². The fourth-order valence-corrected chi connectivity index (χ4v) is 10.2. The van der Waals surface area contributed by atoms with Gasteiger partial charge in [0.05, 0.1) is 55.3 Å². The third-order valence-electron chi connectivity index (χ3n) is 15.3. The highest BCUT2D eigenvalue weighted by molar-refractivity contribution is 5.80. The summed E-state index contributed by atoms with van der Waals surface area (Å²) >= 11 is 0. The van der Waals surface area contributed by atoms with Crippen LogP contribution in [0, 0.1) is 34.5 Å². The van der Waals surface area contributed by atoms with Crippen LogP contribution in [-0.4, -0.2) is 92.3 Å². The van der Waals surface area contributed by atoms with E-state index in [-0.39, 0.29) is 17.8 Å². The van der Waals surface area contributed by atoms with Crippen LogP contribution in [0.1, 0.15) is 130 Å². The highest BCUT2D eigenvalue weighted by atomic mass is 16.5. The number of aliphatic carboxylic acids is 1. The molecule has 2 saturated heterocycles. The molecule has 12 heteroatoms. The fourth-order valence-electron chi connectivity index (χ4n) is 10.2. The van der Waals surface area contributed by atoms with Crippen LogP contribution >= 0.6 is 0 Å². The van der Waals surface area contributed by atoms with E-state index in [1.165, 1.54) is 45.6 Å². The lowest BCUT2D eigenvalue weighted by Crippen LogP contribution is -2.31. The Kier molecular flexibility index (Phi) is 15.2. The molecule has 0 radical (unpaired) electrons. The first-order valence-electron chi connectivity index (χ1n) is 23.8. The van der Waals surface area contributed by atoms with Gasteiger partial charge in [0, 0.05) is 36.3 Å². The fraction of sp³-hybridized carbons (Fsp3) is 0.647. The van der Waals surface area contributed by atoms with Crippen LogP contribution in [0.15, 0.2) is 48.8 Å². The van der Waals surface area contributed by atoms with Gasteiger partial charge >= 0.3 is 11.9 Å². The van der Waals surface area contributed by atoms with Crippen LogP contribution < -0.4 is 9.47 Å². The Morgan fingerprint density at radius 1 is 0.651 bits per heavy atom. The van der Waals surface area contributed by atoms with E-state index in [0.717, 1.165) is 102 Å². The van der Waals surface area contributed by atoms with Gasteiger partial charge in [-0.1, -0.05) is 54.4 Å². The quantitative estimate of drug-likeness (QED) is 0.121. The zero-order chi connectivity index (χ0) is 44.7. The Morgan fingerprint density at radius 2 is 1.08 bits per heavy atom. The average molecular weight is 865 g/mol. The van der Waals surface area contributed by atoms with Gasteiger partial charge < -0.3 is 19.3 Å². The number of methoxy groups -OCH3 is 1. The third-order valence-corrected chi connectivity index (χ3v) is 15.3. The van der Waals surface area contributed by atoms with Crippen molar-refractivity contribution in [2.45, 2.75) is 144 Å². The van der Waals surface area contributed by atoms with E-state index in [0.29, 0.717) is 55.6 Å². The molecule has 2 saturated carbocycles. The van der Waals surface area contributed by atoms with E-state index >= 15 is 0 Å². The highest BCUT2D eigenvalue weighted by Crippen LogP contribution is 2.42. The number of ether oxygens (including phenoxy) is 3. The first-order valence-corrected chi connectivity index (χ1v) is 23.8. The van der Waals surface area contributed by atoms with Crippen molar-refractivity contribution in [3.63, 3.8) is 0 Å². The zero-order valence-electron chi connectivity index (χ0n) is 39.0. The van der Waals surface area contributed by atoms with E-state index in [1.807, 2.05) is 42.7 Å². The van der Waals surface area contributed by atoms with Gasteiger partial charge in [0.1, 0.15) is 23.1 Å². The molecule has 2 aliphatic heterocycles. The maximum atomic E-state index is 11.7. The Hall–Kier alpha value is -4.42. The van der Waals surface area contributed by atoms with Crippen molar-refractivity contribution in [3.05, 3.63) is 60.4 Å². The number of likely N-dealkylation sites (tertiary alicyclic amines) is 2. The first-order chi connectivity index (χ1) is 30.2. The van der Waals surface area contributed by atoms with Crippen LogP contribution in [0.5, 0.6) is 11.5 Å². The molecule has 0 unspecified atom stereocenters. The Bertz CT molecular complexity index is 2160. The van der Waals surface area contributed by atoms with Crippen LogP contribution in [0.25, 0.3) is 21.8 Å². The van der Waals surface area contributed by atoms with Crippen molar-refractivity contribution in [1.82, 2.24) is 29.7 Å². The molecule has 342 valence electrons. The van der Waals surface area contributed by atoms with Gasteiger partial charge in [-0.25, -0.2) is 19.9 Å². The zero-order valence-corrected chi connectivity index (χ0v) is 39.0. The minimum Gasteiger partial charge on any atom is -0.490 e. The second kappa shape index (κ2) is 20.6. The predicted molar refractivity (Wildman–Crippen MR) is 246 cm³/mol. The summed E-state index contributed by atoms with van der Waals surface area (Å²) in [6.45, 7) is 18.4. The molecule has 4 aliphatic rings. The summed E-state index contributed by atoms with van der Waals surface area (Å²) in [5, 5.41) is 11.2. The largest absolute Gasteiger partial charge is 0.490 e. The molecule has 2 aromatic heterocycles. The van der Waals surface area contributed by atoms with Gasteiger partial charge in [-0.3, -0.25) is 19.4 Å². The number of carbonyl (C=O) groups excluding carboxylic acids is 1. The number of rotatable bonds is 14. The number of nitrogens with zero attached hydrogens (tertiary/aromatic N) is 6. The molecule has 2 aliphatic carbocycles. The smallest absolute Gasteiger partial charge is 0.310 e. The second-order valence-electron chi connectivity index (χ2n) is 20.2. The van der Waals surface area contributed by atoms with E-state index in [4.69, 9.17) is 19.2 Å². The van der Waals surface area contributed by atoms with Crippen molar-refractivity contribution in [1.29, 1.82) is 0 Å². The summed E-state index contributed by atoms with van der Waals surface area (Å²) in [5.41, 5.74) is 2.68. The number of carbonyl (C=O) groups is 2. The highest BCUT2D eigenvalue weighted by Gasteiger charge is 2.34. The molecule has 8 rings (SSSR count). The van der Waals surface area contributed by atoms with E-state index < -0.39 is 5.97 Å². The van der Waals surface area contributed by atoms with Crippen molar-refractivity contribution in [2.24, 2.45) is 34.5 Å². The number of esters is 1.